The number of hydrogen-bond acceptors (Lipinski definition) is 6. The molecule has 12 heteroatoms. The summed E-state index contributed by atoms with van der Waals surface area (Å²) in [6, 6.07) is 0. The highest BCUT2D eigenvalue weighted by Gasteiger charge is 2.75. The number of halogens is 6. The highest BCUT2D eigenvalue weighted by atomic mass is 19.4. The van der Waals surface area contributed by atoms with Crippen LogP contribution >= 0.6 is 0 Å². The molecule has 2 bridgehead atoms. The average molecular weight is 389 g/mol. The zero-order valence-electron chi connectivity index (χ0n) is 12.7. The van der Waals surface area contributed by atoms with Gasteiger partial charge in [0.15, 0.2) is 0 Å². The van der Waals surface area contributed by atoms with E-state index < -0.39 is 72.1 Å². The maximum absolute atomic E-state index is 13.2. The minimum atomic E-state index is -6.25. The van der Waals surface area contributed by atoms with Crippen LogP contribution in [0.2, 0.25) is 0 Å². The van der Waals surface area contributed by atoms with Gasteiger partial charge in [-0.15, -0.1) is 0 Å². The van der Waals surface area contributed by atoms with Crippen LogP contribution in [-0.4, -0.2) is 42.0 Å². The molecule has 2 aliphatic carbocycles. The molecular formula is C14H11F6O6-. The number of carbonyl (C=O) groups excluding carboxylic acids is 3. The Morgan fingerprint density at radius 2 is 1.69 bits per heavy atom. The van der Waals surface area contributed by atoms with Gasteiger partial charge in [0.1, 0.15) is 6.10 Å². The number of rotatable bonds is 4. The van der Waals surface area contributed by atoms with E-state index in [4.69, 9.17) is 4.74 Å². The van der Waals surface area contributed by atoms with Crippen molar-refractivity contribution >= 4 is 17.9 Å². The zero-order valence-corrected chi connectivity index (χ0v) is 12.7. The fourth-order valence-electron chi connectivity index (χ4n) is 4.28. The van der Waals surface area contributed by atoms with E-state index in [1.165, 1.54) is 0 Å². The third-order valence-electron chi connectivity index (χ3n) is 5.34. The van der Waals surface area contributed by atoms with Gasteiger partial charge in [-0.1, -0.05) is 0 Å². The molecule has 0 aromatic heterocycles. The van der Waals surface area contributed by atoms with E-state index in [-0.39, 0.29) is 12.8 Å². The Balaban J connectivity index is 1.93. The lowest BCUT2D eigenvalue weighted by molar-refractivity contribution is -0.381. The van der Waals surface area contributed by atoms with Gasteiger partial charge in [-0.25, -0.2) is 0 Å². The summed E-state index contributed by atoms with van der Waals surface area (Å²) in [4.78, 5) is 34.5. The Morgan fingerprint density at radius 1 is 1.12 bits per heavy atom. The molecule has 0 N–H and O–H groups in total. The summed E-state index contributed by atoms with van der Waals surface area (Å²) in [5.74, 6) is -9.29. The lowest BCUT2D eigenvalue weighted by atomic mass is 9.80. The van der Waals surface area contributed by atoms with Crippen molar-refractivity contribution in [2.24, 2.45) is 23.7 Å². The van der Waals surface area contributed by atoms with E-state index in [1.807, 2.05) is 0 Å². The van der Waals surface area contributed by atoms with E-state index >= 15 is 0 Å². The number of esters is 2. The third kappa shape index (κ3) is 2.52. The molecule has 146 valence electrons. The first kappa shape index (κ1) is 18.8. The summed E-state index contributed by atoms with van der Waals surface area (Å²) in [6.45, 7) is 0. The van der Waals surface area contributed by atoms with Gasteiger partial charge in [-0.2, -0.15) is 26.3 Å². The van der Waals surface area contributed by atoms with Gasteiger partial charge in [0, 0.05) is 18.3 Å². The number of carboxylic acids is 1. The lowest BCUT2D eigenvalue weighted by Gasteiger charge is -2.38. The first-order valence-electron chi connectivity index (χ1n) is 7.55. The second kappa shape index (κ2) is 5.49. The van der Waals surface area contributed by atoms with Crippen LogP contribution in [0.5, 0.6) is 0 Å². The molecule has 6 nitrogen and oxygen atoms in total. The number of carboxylic acid groups (broad SMARTS) is 1. The van der Waals surface area contributed by atoms with Crippen LogP contribution < -0.4 is 5.11 Å². The Labute approximate surface area is 141 Å². The molecular weight excluding hydrogens is 378 g/mol. The van der Waals surface area contributed by atoms with Gasteiger partial charge in [-0.05, 0) is 18.8 Å². The maximum atomic E-state index is 13.2. The minimum Gasteiger partial charge on any atom is -0.550 e. The van der Waals surface area contributed by atoms with Crippen molar-refractivity contribution in [2.45, 2.75) is 43.3 Å². The van der Waals surface area contributed by atoms with Gasteiger partial charge in [0.05, 0.1) is 11.8 Å². The fourth-order valence-corrected chi connectivity index (χ4v) is 4.28. The van der Waals surface area contributed by atoms with Crippen molar-refractivity contribution < 1.29 is 55.3 Å². The van der Waals surface area contributed by atoms with Crippen molar-refractivity contribution in [1.82, 2.24) is 0 Å². The molecule has 0 spiro atoms. The smallest absolute Gasteiger partial charge is 0.437 e. The number of aliphatic carboxylic acids is 1. The Morgan fingerprint density at radius 3 is 2.19 bits per heavy atom. The SMILES string of the molecule is O=C([O-])CC(OC(=O)C1C2CC3OC(=O)C1C3C2)(C(F)(F)F)C(F)(F)F. The second-order valence-electron chi connectivity index (χ2n) is 6.71. The molecule has 1 heterocycles. The van der Waals surface area contributed by atoms with Crippen LogP contribution in [0.4, 0.5) is 26.3 Å². The predicted molar refractivity (Wildman–Crippen MR) is 63.6 cm³/mol. The topological polar surface area (TPSA) is 92.7 Å². The van der Waals surface area contributed by atoms with Crippen molar-refractivity contribution in [2.75, 3.05) is 0 Å². The summed E-state index contributed by atoms with van der Waals surface area (Å²) in [7, 11) is 0. The predicted octanol–water partition coefficient (Wildman–Crippen LogP) is 0.731. The van der Waals surface area contributed by atoms with Crippen LogP contribution in [0.1, 0.15) is 19.3 Å². The van der Waals surface area contributed by atoms with Crippen molar-refractivity contribution in [3.05, 3.63) is 0 Å². The van der Waals surface area contributed by atoms with E-state index in [1.54, 1.807) is 0 Å². The number of carbonyl (C=O) groups is 3. The molecule has 1 saturated heterocycles. The quantitative estimate of drug-likeness (QED) is 0.520. The lowest BCUT2D eigenvalue weighted by Crippen LogP contribution is -2.62. The van der Waals surface area contributed by atoms with Crippen molar-refractivity contribution in [3.63, 3.8) is 0 Å². The number of alkyl halides is 6. The molecule has 0 aromatic rings. The van der Waals surface area contributed by atoms with E-state index in [9.17, 15) is 45.8 Å². The largest absolute Gasteiger partial charge is 0.550 e. The van der Waals surface area contributed by atoms with Crippen molar-refractivity contribution in [3.8, 4) is 0 Å². The summed E-state index contributed by atoms with van der Waals surface area (Å²) >= 11 is 0. The molecule has 5 unspecified atom stereocenters. The van der Waals surface area contributed by atoms with Crippen LogP contribution in [0.15, 0.2) is 0 Å². The molecule has 26 heavy (non-hydrogen) atoms. The Bertz CT molecular complexity index is 639. The van der Waals surface area contributed by atoms with Gasteiger partial charge in [0.2, 0.25) is 0 Å². The fraction of sp³-hybridized carbons (Fsp3) is 0.786. The van der Waals surface area contributed by atoms with Crippen LogP contribution in [0, 0.1) is 23.7 Å². The summed E-state index contributed by atoms with van der Waals surface area (Å²) in [5, 5.41) is 10.5. The van der Waals surface area contributed by atoms with E-state index in [0.29, 0.717) is 0 Å². The zero-order chi connectivity index (χ0) is 19.7. The molecule has 5 atom stereocenters. The maximum Gasteiger partial charge on any atom is 0.437 e. The van der Waals surface area contributed by atoms with Gasteiger partial charge >= 0.3 is 29.9 Å². The summed E-state index contributed by atoms with van der Waals surface area (Å²) in [5.41, 5.74) is -5.25. The average Bonchev–Trinajstić information content (AvgIpc) is 3.04. The van der Waals surface area contributed by atoms with Gasteiger partial charge < -0.3 is 19.4 Å². The summed E-state index contributed by atoms with van der Waals surface area (Å²) < 4.78 is 87.7. The summed E-state index contributed by atoms with van der Waals surface area (Å²) in [6.07, 6.45) is -15.3. The molecule has 3 fully saturated rings. The van der Waals surface area contributed by atoms with Crippen molar-refractivity contribution in [1.29, 1.82) is 0 Å². The van der Waals surface area contributed by atoms with Gasteiger partial charge in [-0.3, -0.25) is 9.59 Å². The first-order valence-corrected chi connectivity index (χ1v) is 7.55. The molecule has 0 amide bonds. The van der Waals surface area contributed by atoms with E-state index in [2.05, 4.69) is 4.74 Å². The third-order valence-corrected chi connectivity index (χ3v) is 5.34. The van der Waals surface area contributed by atoms with Crippen LogP contribution in [0.3, 0.4) is 0 Å². The molecule has 3 aliphatic rings. The molecule has 2 saturated carbocycles. The highest BCUT2D eigenvalue weighted by molar-refractivity contribution is 5.86. The number of hydrogen-bond donors (Lipinski definition) is 0. The molecule has 1 aliphatic heterocycles. The Kier molecular flexibility index (Phi) is 3.97. The number of fused-ring (bicyclic) bond motifs is 1. The Hall–Kier alpha value is -2.01. The van der Waals surface area contributed by atoms with E-state index in [0.717, 1.165) is 0 Å². The molecule has 0 radical (unpaired) electrons. The van der Waals surface area contributed by atoms with Crippen LogP contribution in [0.25, 0.3) is 0 Å². The normalized spacial score (nSPS) is 33.3. The highest BCUT2D eigenvalue weighted by Crippen LogP contribution is 2.59. The monoisotopic (exact) mass is 389 g/mol. The van der Waals surface area contributed by atoms with Gasteiger partial charge in [0.25, 0.3) is 0 Å². The second-order valence-corrected chi connectivity index (χ2v) is 6.71. The molecule has 3 rings (SSSR count). The standard InChI is InChI=1S/C14H12F6O6/c15-13(16,17)12(3-7(21)22,14(18,19)20)26-11(24)8-4-1-5-6(2-4)25-10(23)9(5)8/h4-6,8-9H,1-3H2,(H,21,22)/p-1. The van der Waals surface area contributed by atoms with Crippen LogP contribution in [-0.2, 0) is 23.9 Å². The minimum absolute atomic E-state index is 0.137. The number of ether oxygens (including phenoxy) is 2. The molecule has 0 aromatic carbocycles. The first-order chi connectivity index (χ1) is 11.8.